The number of carbonyl (C=O) groups is 2. The molecule has 1 saturated heterocycles. The van der Waals surface area contributed by atoms with Crippen LogP contribution in [0.4, 0.5) is 4.39 Å². The molecule has 5 nitrogen and oxygen atoms in total. The van der Waals surface area contributed by atoms with E-state index < -0.39 is 17.4 Å². The van der Waals surface area contributed by atoms with Crippen LogP contribution in [0.3, 0.4) is 0 Å². The van der Waals surface area contributed by atoms with Crippen LogP contribution in [0.15, 0.2) is 60.7 Å². The van der Waals surface area contributed by atoms with Crippen molar-refractivity contribution in [2.24, 2.45) is 5.92 Å². The molecular formula is C28H22BCl2FN2O3. The molecule has 2 heterocycles. The lowest BCUT2D eigenvalue weighted by atomic mass is 9.41. The van der Waals surface area contributed by atoms with E-state index >= 15 is 4.39 Å². The van der Waals surface area contributed by atoms with Gasteiger partial charge in [0.25, 0.3) is 12.6 Å². The lowest BCUT2D eigenvalue weighted by molar-refractivity contribution is -0.0562. The highest BCUT2D eigenvalue weighted by Gasteiger charge is 2.52. The summed E-state index contributed by atoms with van der Waals surface area (Å²) in [6, 6.07) is 15.5. The van der Waals surface area contributed by atoms with Crippen LogP contribution >= 0.6 is 23.2 Å². The van der Waals surface area contributed by atoms with E-state index in [2.05, 4.69) is 5.97 Å². The fourth-order valence-electron chi connectivity index (χ4n) is 5.36. The number of benzene rings is 3. The van der Waals surface area contributed by atoms with Gasteiger partial charge in [0, 0.05) is 39.6 Å². The van der Waals surface area contributed by atoms with Crippen LogP contribution in [0, 0.1) is 23.0 Å². The van der Waals surface area contributed by atoms with Crippen molar-refractivity contribution in [3.63, 3.8) is 0 Å². The fourth-order valence-corrected chi connectivity index (χ4v) is 5.61. The Kier molecular flexibility index (Phi) is 6.85. The van der Waals surface area contributed by atoms with Gasteiger partial charge in [-0.15, -0.1) is 0 Å². The SMILES string of the molecule is N#CB1CCC(C(=O)c2cc(F)c3c(c2)C(=O)N(Cc2ccc(Cl)cc2)C3(O)c2ccc(Cl)cc2)CC1. The minimum atomic E-state index is -2.12. The number of fused-ring (bicyclic) bond motifs is 1. The molecule has 186 valence electrons. The molecule has 1 unspecified atom stereocenters. The summed E-state index contributed by atoms with van der Waals surface area (Å²) in [5, 5.41) is 22.1. The zero-order valence-corrected chi connectivity index (χ0v) is 21.3. The third-order valence-electron chi connectivity index (χ3n) is 7.37. The molecule has 2 aliphatic heterocycles. The summed E-state index contributed by atoms with van der Waals surface area (Å²) in [6.45, 7) is -0.0942. The smallest absolute Gasteiger partial charge is 0.267 e. The van der Waals surface area contributed by atoms with E-state index in [0.29, 0.717) is 41.1 Å². The van der Waals surface area contributed by atoms with Crippen LogP contribution in [0.5, 0.6) is 0 Å². The van der Waals surface area contributed by atoms with Gasteiger partial charge in [-0.25, -0.2) is 9.65 Å². The van der Waals surface area contributed by atoms with Crippen molar-refractivity contribution in [2.75, 3.05) is 0 Å². The Morgan fingerprint density at radius 3 is 2.27 bits per heavy atom. The van der Waals surface area contributed by atoms with Gasteiger partial charge in [0.15, 0.2) is 11.5 Å². The maximum Gasteiger partial charge on any atom is 0.267 e. The van der Waals surface area contributed by atoms with Crippen molar-refractivity contribution in [1.29, 1.82) is 5.26 Å². The first-order chi connectivity index (χ1) is 17.7. The normalized spacial score (nSPS) is 19.6. The summed E-state index contributed by atoms with van der Waals surface area (Å²) in [5.41, 5.74) is -1.32. The highest BCUT2D eigenvalue weighted by atomic mass is 35.5. The van der Waals surface area contributed by atoms with E-state index in [1.54, 1.807) is 48.5 Å². The Balaban J connectivity index is 1.57. The number of aliphatic hydroxyl groups is 1. The number of nitriles is 1. The molecule has 2 aliphatic rings. The van der Waals surface area contributed by atoms with E-state index in [1.807, 2.05) is 0 Å². The van der Waals surface area contributed by atoms with Gasteiger partial charge in [-0.1, -0.05) is 60.1 Å². The van der Waals surface area contributed by atoms with Crippen LogP contribution in [-0.2, 0) is 12.3 Å². The first-order valence-electron chi connectivity index (χ1n) is 12.0. The fraction of sp³-hybridized carbons (Fsp3) is 0.250. The number of halogens is 3. The number of hydrogen-bond donors (Lipinski definition) is 1. The van der Waals surface area contributed by atoms with E-state index in [1.165, 1.54) is 11.0 Å². The van der Waals surface area contributed by atoms with Gasteiger partial charge in [0.1, 0.15) is 5.82 Å². The van der Waals surface area contributed by atoms with Crippen molar-refractivity contribution in [1.82, 2.24) is 4.90 Å². The van der Waals surface area contributed by atoms with Crippen molar-refractivity contribution in [2.45, 2.75) is 37.8 Å². The summed E-state index contributed by atoms with van der Waals surface area (Å²) in [6.07, 6.45) is 2.32. The van der Waals surface area contributed by atoms with E-state index in [0.717, 1.165) is 6.07 Å². The minimum Gasteiger partial charge on any atom is -0.363 e. The molecule has 3 aromatic rings. The molecule has 5 rings (SSSR count). The Bertz CT molecular complexity index is 1420. The third kappa shape index (κ3) is 4.55. The second-order valence-electron chi connectivity index (χ2n) is 9.62. The lowest BCUT2D eigenvalue weighted by Gasteiger charge is -2.35. The minimum absolute atomic E-state index is 0.0231. The Morgan fingerprint density at radius 2 is 1.68 bits per heavy atom. The predicted octanol–water partition coefficient (Wildman–Crippen LogP) is 6.13. The van der Waals surface area contributed by atoms with Gasteiger partial charge < -0.3 is 5.11 Å². The van der Waals surface area contributed by atoms with Crippen LogP contribution < -0.4 is 0 Å². The number of hydrogen-bond acceptors (Lipinski definition) is 4. The first-order valence-corrected chi connectivity index (χ1v) is 12.8. The molecule has 1 fully saturated rings. The maximum absolute atomic E-state index is 15.8. The molecule has 0 radical (unpaired) electrons. The number of carbonyl (C=O) groups excluding carboxylic acids is 2. The Morgan fingerprint density at radius 1 is 1.08 bits per heavy atom. The molecule has 0 spiro atoms. The van der Waals surface area contributed by atoms with E-state index in [-0.39, 0.29) is 47.2 Å². The number of rotatable bonds is 5. The summed E-state index contributed by atoms with van der Waals surface area (Å²) in [5.74, 6) is 0.225. The molecule has 1 atom stereocenters. The number of ketones is 1. The molecule has 37 heavy (non-hydrogen) atoms. The summed E-state index contributed by atoms with van der Waals surface area (Å²) >= 11 is 12.1. The largest absolute Gasteiger partial charge is 0.363 e. The molecule has 1 N–H and O–H groups in total. The lowest BCUT2D eigenvalue weighted by Crippen LogP contribution is -2.44. The van der Waals surface area contributed by atoms with Gasteiger partial charge >= 0.3 is 0 Å². The predicted molar refractivity (Wildman–Crippen MR) is 140 cm³/mol. The van der Waals surface area contributed by atoms with E-state index in [4.69, 9.17) is 28.5 Å². The van der Waals surface area contributed by atoms with Gasteiger partial charge in [-0.3, -0.25) is 14.5 Å². The van der Waals surface area contributed by atoms with Crippen LogP contribution in [0.2, 0.25) is 22.7 Å². The Labute approximate surface area is 224 Å². The second-order valence-corrected chi connectivity index (χ2v) is 10.5. The van der Waals surface area contributed by atoms with Crippen molar-refractivity contribution >= 4 is 41.6 Å². The molecule has 9 heteroatoms. The van der Waals surface area contributed by atoms with Crippen molar-refractivity contribution < 1.29 is 19.1 Å². The third-order valence-corrected chi connectivity index (χ3v) is 7.87. The molecule has 0 bridgehead atoms. The van der Waals surface area contributed by atoms with Gasteiger partial charge in [-0.05, 0) is 54.8 Å². The van der Waals surface area contributed by atoms with Crippen molar-refractivity contribution in [3.8, 4) is 5.97 Å². The molecular weight excluding hydrogens is 513 g/mol. The number of Topliss-reactive ketones (excluding diaryl/α,β-unsaturated/α-hetero) is 1. The highest BCUT2D eigenvalue weighted by Crippen LogP contribution is 2.45. The summed E-state index contributed by atoms with van der Waals surface area (Å²) < 4.78 is 15.8. The van der Waals surface area contributed by atoms with Crippen LogP contribution in [-0.4, -0.2) is 28.4 Å². The van der Waals surface area contributed by atoms with Gasteiger partial charge in [-0.2, -0.15) is 0 Å². The quantitative estimate of drug-likeness (QED) is 0.315. The summed E-state index contributed by atoms with van der Waals surface area (Å²) in [4.78, 5) is 28.2. The standard InChI is InChI=1S/C28H22BCl2FN2O3/c30-21-5-1-17(2-6-21)15-34-27(36)23-13-19(26(35)18-9-11-29(16-33)12-10-18)14-24(32)25(23)28(34,37)20-3-7-22(31)8-4-20/h1-8,13-14,18,37H,9-12,15H2. The molecule has 1 amide bonds. The highest BCUT2D eigenvalue weighted by molar-refractivity contribution is 6.67. The summed E-state index contributed by atoms with van der Waals surface area (Å²) in [7, 11) is 0. The average molecular weight is 535 g/mol. The molecule has 0 saturated carbocycles. The van der Waals surface area contributed by atoms with Gasteiger partial charge in [0.05, 0.1) is 11.1 Å². The number of amides is 1. The number of nitrogens with zero attached hydrogens (tertiary/aromatic N) is 2. The molecule has 0 aliphatic carbocycles. The molecule has 0 aromatic heterocycles. The second kappa shape index (κ2) is 9.94. The Hall–Kier alpha value is -3.18. The van der Waals surface area contributed by atoms with E-state index in [9.17, 15) is 14.7 Å². The maximum atomic E-state index is 15.8. The zero-order valence-electron chi connectivity index (χ0n) is 19.8. The van der Waals surface area contributed by atoms with Gasteiger partial charge in [0.2, 0.25) is 0 Å². The topological polar surface area (TPSA) is 81.4 Å². The van der Waals surface area contributed by atoms with Crippen LogP contribution in [0.25, 0.3) is 0 Å². The van der Waals surface area contributed by atoms with Crippen molar-refractivity contribution in [3.05, 3.63) is 104 Å². The zero-order chi connectivity index (χ0) is 26.3. The first kappa shape index (κ1) is 25.5. The monoisotopic (exact) mass is 534 g/mol. The average Bonchev–Trinajstić information content (AvgIpc) is 3.12. The molecule has 3 aromatic carbocycles. The van der Waals surface area contributed by atoms with Crippen LogP contribution in [0.1, 0.15) is 50.2 Å².